The highest BCUT2D eigenvalue weighted by Gasteiger charge is 2.29. The Balaban J connectivity index is 0.000000158. The third kappa shape index (κ3) is 12.8. The average Bonchev–Trinajstić information content (AvgIpc) is 3.04. The fourth-order valence-corrected chi connectivity index (χ4v) is 12.9. The van der Waals surface area contributed by atoms with Gasteiger partial charge in [0.05, 0.1) is 90.1 Å². The minimum atomic E-state index is -0.934. The van der Waals surface area contributed by atoms with Crippen LogP contribution in [0.15, 0.2) is 121 Å². The van der Waals surface area contributed by atoms with Crippen LogP contribution in [0.5, 0.6) is 11.8 Å². The zero-order chi connectivity index (χ0) is 58.0. The normalized spacial score (nSPS) is 20.4. The number of aromatic nitrogens is 6. The number of carboxylic acid groups (broad SMARTS) is 1. The SMILES string of the molecule is COC(=O)c1ccc2nc(CN3CC=C(c4cccc(OC5CCCc6cc(Cl)ccc65)n4)CC3)n(C[C@@H]3CCO3)c2c1.O=C(O)c1ccc2nc(CN3CC=C(c4cccc(OC5CCCc6cc(Cl)ccc65)n4)CC3)n(C[C@@H]3CCO3)c2c1. The maximum atomic E-state index is 12.2. The number of nitrogens with zero attached hydrogens (tertiary/aromatic N) is 8. The van der Waals surface area contributed by atoms with Gasteiger partial charge in [-0.05, 0) is 170 Å². The van der Waals surface area contributed by atoms with E-state index in [1.807, 2.05) is 48.5 Å². The Morgan fingerprint density at radius 3 is 1.51 bits per heavy atom. The van der Waals surface area contributed by atoms with Gasteiger partial charge in [0.25, 0.3) is 0 Å². The van der Waals surface area contributed by atoms with Gasteiger partial charge in [-0.25, -0.2) is 29.5 Å². The molecule has 18 heteroatoms. The van der Waals surface area contributed by atoms with Crippen molar-refractivity contribution >= 4 is 68.4 Å². The van der Waals surface area contributed by atoms with E-state index in [2.05, 4.69) is 67.5 Å². The molecule has 4 aromatic carbocycles. The molecule has 4 atom stereocenters. The van der Waals surface area contributed by atoms with E-state index in [0.29, 0.717) is 37.0 Å². The van der Waals surface area contributed by atoms with Crippen molar-refractivity contribution in [1.29, 1.82) is 0 Å². The second-order valence-corrected chi connectivity index (χ2v) is 23.8. The zero-order valence-electron chi connectivity index (χ0n) is 47.6. The van der Waals surface area contributed by atoms with Crippen LogP contribution in [-0.4, -0.2) is 115 Å². The maximum Gasteiger partial charge on any atom is 0.337 e. The topological polar surface area (TPSA) is 168 Å². The number of benzene rings is 4. The lowest BCUT2D eigenvalue weighted by Crippen LogP contribution is -2.33. The van der Waals surface area contributed by atoms with Gasteiger partial charge in [-0.1, -0.05) is 59.6 Å². The number of carbonyl (C=O) groups is 2. The molecular formula is C67H68Cl2N8O8. The molecule has 4 aromatic heterocycles. The molecule has 2 aliphatic carbocycles. The number of esters is 1. The summed E-state index contributed by atoms with van der Waals surface area (Å²) in [5.74, 6) is 1.94. The summed E-state index contributed by atoms with van der Waals surface area (Å²) in [7, 11) is 1.40. The van der Waals surface area contributed by atoms with E-state index in [1.165, 1.54) is 40.5 Å². The van der Waals surface area contributed by atoms with Crippen molar-refractivity contribution in [3.63, 3.8) is 0 Å². The molecule has 0 amide bonds. The van der Waals surface area contributed by atoms with Gasteiger partial charge in [0.1, 0.15) is 23.9 Å². The van der Waals surface area contributed by atoms with Crippen molar-refractivity contribution in [1.82, 2.24) is 38.9 Å². The Morgan fingerprint density at radius 1 is 0.588 bits per heavy atom. The number of hydrogen-bond donors (Lipinski definition) is 1. The van der Waals surface area contributed by atoms with Crippen LogP contribution >= 0.6 is 23.2 Å². The highest BCUT2D eigenvalue weighted by atomic mass is 35.5. The summed E-state index contributed by atoms with van der Waals surface area (Å²) in [4.78, 5) is 48.2. The number of methoxy groups -OCH3 is 1. The van der Waals surface area contributed by atoms with Crippen LogP contribution in [0.25, 0.3) is 33.2 Å². The van der Waals surface area contributed by atoms with Gasteiger partial charge in [-0.15, -0.1) is 0 Å². The molecule has 8 heterocycles. The molecule has 8 aromatic rings. The Hall–Kier alpha value is -7.44. The second-order valence-electron chi connectivity index (χ2n) is 22.9. The first-order valence-corrected chi connectivity index (χ1v) is 30.5. The van der Waals surface area contributed by atoms with Gasteiger partial charge in [0, 0.05) is 61.6 Å². The summed E-state index contributed by atoms with van der Waals surface area (Å²) in [5, 5.41) is 11.1. The first kappa shape index (κ1) is 56.7. The van der Waals surface area contributed by atoms with E-state index in [0.717, 1.165) is 165 Å². The standard InChI is InChI=1S/C34H35ClN4O4.C33H33ClN4O4/c1-41-34(40)24-8-11-29-30(19-24)39(20-26-14-17-42-26)32(36-29)21-38-15-12-22(13-16-38)28-5-3-7-33(37-28)43-31-6-2-4-23-18-25(35)9-10-27(23)31;34-24-8-9-26-22(17-24)3-1-5-30(26)42-32-6-2-4-27(36-32)21-11-14-37(15-12-21)20-31-35-28-10-7-23(33(39)40)18-29(28)38(31)19-25-13-16-41-25/h3,5,7-12,18-19,26,31H,2,4,6,13-17,20-21H2,1H3;2,4,6-11,17-18,25,30H,1,3,5,12-16,19-20H2,(H,39,40)/t26-,31?;25-,30?/m00/s1. The van der Waals surface area contributed by atoms with E-state index in [-0.39, 0.29) is 35.9 Å². The fourth-order valence-electron chi connectivity index (χ4n) is 12.5. The maximum absolute atomic E-state index is 12.2. The molecule has 2 fully saturated rings. The number of fused-ring (bicyclic) bond motifs is 4. The van der Waals surface area contributed by atoms with E-state index < -0.39 is 5.97 Å². The van der Waals surface area contributed by atoms with E-state index >= 15 is 0 Å². The number of pyridine rings is 2. The van der Waals surface area contributed by atoms with Gasteiger partial charge in [-0.3, -0.25) is 9.80 Å². The average molecular weight is 1180 g/mol. The molecule has 0 radical (unpaired) electrons. The van der Waals surface area contributed by atoms with Crippen LogP contribution in [0.4, 0.5) is 0 Å². The number of rotatable bonds is 16. The Labute approximate surface area is 504 Å². The highest BCUT2D eigenvalue weighted by molar-refractivity contribution is 6.31. The minimum absolute atomic E-state index is 0.00659. The van der Waals surface area contributed by atoms with Crippen LogP contribution < -0.4 is 9.47 Å². The van der Waals surface area contributed by atoms with E-state index in [1.54, 1.807) is 24.3 Å². The van der Waals surface area contributed by atoms with Crippen molar-refractivity contribution in [3.05, 3.63) is 188 Å². The molecule has 0 bridgehead atoms. The number of carbonyl (C=O) groups excluding carboxylic acids is 1. The van der Waals surface area contributed by atoms with Crippen LogP contribution in [0.3, 0.4) is 0 Å². The molecule has 2 saturated heterocycles. The molecule has 14 rings (SSSR count). The Morgan fingerprint density at radius 2 is 1.07 bits per heavy atom. The predicted molar refractivity (Wildman–Crippen MR) is 326 cm³/mol. The molecule has 6 aliphatic rings. The predicted octanol–water partition coefficient (Wildman–Crippen LogP) is 12.7. The quantitative estimate of drug-likeness (QED) is 0.0907. The summed E-state index contributed by atoms with van der Waals surface area (Å²) in [6, 6.07) is 34.9. The number of aromatic carboxylic acids is 1. The first-order chi connectivity index (χ1) is 41.5. The van der Waals surface area contributed by atoms with Gasteiger partial charge >= 0.3 is 11.9 Å². The minimum Gasteiger partial charge on any atom is -0.478 e. The summed E-state index contributed by atoms with van der Waals surface area (Å²) < 4.78 is 33.6. The van der Waals surface area contributed by atoms with Gasteiger partial charge < -0.3 is 37.9 Å². The molecule has 2 unspecified atom stereocenters. The van der Waals surface area contributed by atoms with Crippen molar-refractivity contribution < 1.29 is 38.4 Å². The Bertz CT molecular complexity index is 3870. The molecule has 85 heavy (non-hydrogen) atoms. The Kier molecular flexibility index (Phi) is 16.8. The third-order valence-corrected chi connectivity index (χ3v) is 17.8. The first-order valence-electron chi connectivity index (χ1n) is 29.7. The van der Waals surface area contributed by atoms with Gasteiger partial charge in [0.15, 0.2) is 0 Å². The molecule has 0 spiro atoms. The number of aryl methyl sites for hydroxylation is 2. The smallest absolute Gasteiger partial charge is 0.337 e. The summed E-state index contributed by atoms with van der Waals surface area (Å²) in [6.07, 6.45) is 14.8. The highest BCUT2D eigenvalue weighted by Crippen LogP contribution is 2.38. The molecule has 4 aliphatic heterocycles. The number of ether oxygens (including phenoxy) is 5. The summed E-state index contributed by atoms with van der Waals surface area (Å²) in [5.41, 5.74) is 13.6. The van der Waals surface area contributed by atoms with Crippen molar-refractivity contribution in [3.8, 4) is 11.8 Å². The van der Waals surface area contributed by atoms with E-state index in [9.17, 15) is 14.7 Å². The lowest BCUT2D eigenvalue weighted by Gasteiger charge is -2.29. The number of halogens is 2. The summed E-state index contributed by atoms with van der Waals surface area (Å²) in [6.45, 7) is 7.70. The molecule has 438 valence electrons. The fraction of sp³-hybridized carbons (Fsp3) is 0.373. The van der Waals surface area contributed by atoms with Crippen molar-refractivity contribution in [2.45, 2.75) is 115 Å². The van der Waals surface area contributed by atoms with Crippen LogP contribution in [0, 0.1) is 0 Å². The number of imidazole rings is 2. The van der Waals surface area contributed by atoms with Gasteiger partial charge in [-0.2, -0.15) is 0 Å². The molecule has 1 N–H and O–H groups in total. The molecular weight excluding hydrogens is 1120 g/mol. The zero-order valence-corrected chi connectivity index (χ0v) is 49.1. The number of hydrogen-bond acceptors (Lipinski definition) is 13. The largest absolute Gasteiger partial charge is 0.478 e. The van der Waals surface area contributed by atoms with Gasteiger partial charge in [0.2, 0.25) is 11.8 Å². The summed E-state index contributed by atoms with van der Waals surface area (Å²) >= 11 is 12.5. The van der Waals surface area contributed by atoms with Crippen molar-refractivity contribution in [2.75, 3.05) is 46.5 Å². The molecule has 0 saturated carbocycles. The number of carboxylic acids is 1. The van der Waals surface area contributed by atoms with Crippen molar-refractivity contribution in [2.24, 2.45) is 0 Å². The third-order valence-electron chi connectivity index (χ3n) is 17.4. The van der Waals surface area contributed by atoms with Crippen LogP contribution in [0.2, 0.25) is 10.0 Å². The van der Waals surface area contributed by atoms with Crippen LogP contribution in [-0.2, 0) is 53.2 Å². The van der Waals surface area contributed by atoms with E-state index in [4.69, 9.17) is 66.8 Å². The second kappa shape index (κ2) is 25.3. The van der Waals surface area contributed by atoms with Crippen LogP contribution in [0.1, 0.15) is 130 Å². The molecule has 16 nitrogen and oxygen atoms in total. The lowest BCUT2D eigenvalue weighted by atomic mass is 9.89. The lowest BCUT2D eigenvalue weighted by molar-refractivity contribution is -0.0593. The monoisotopic (exact) mass is 1180 g/mol.